The molecule has 0 bridgehead atoms. The lowest BCUT2D eigenvalue weighted by Crippen LogP contribution is -2.60. The van der Waals surface area contributed by atoms with E-state index in [9.17, 15) is 29.4 Å². The number of aliphatic hydroxyl groups is 1. The normalized spacial score (nSPS) is 16.6. The molecule has 0 heterocycles. The molecule has 10 nitrogen and oxygen atoms in total. The van der Waals surface area contributed by atoms with Crippen molar-refractivity contribution in [3.63, 3.8) is 0 Å². The Morgan fingerprint density at radius 1 is 0.821 bits per heavy atom. The predicted molar refractivity (Wildman–Crippen MR) is 103 cm³/mol. The minimum atomic E-state index is -1.38. The van der Waals surface area contributed by atoms with Crippen LogP contribution >= 0.6 is 0 Å². The van der Waals surface area contributed by atoms with Crippen molar-refractivity contribution < 1.29 is 29.4 Å². The molecule has 0 rings (SSSR count). The standard InChI is InChI=1S/C18H34N4O6/c1-8(2)7-12(18(27)28)20-17(26)14(11(6)23)22-16(25)13(9(3)4)21-15(24)10(5)19/h8-14,23H,7,19H2,1-6H3,(H,20,26)(H,21,24)(H,22,25)(H,27,28). The Morgan fingerprint density at radius 2 is 1.29 bits per heavy atom. The van der Waals surface area contributed by atoms with E-state index in [4.69, 9.17) is 5.73 Å². The summed E-state index contributed by atoms with van der Waals surface area (Å²) >= 11 is 0. The number of hydrogen-bond acceptors (Lipinski definition) is 6. The van der Waals surface area contributed by atoms with Gasteiger partial charge in [0.05, 0.1) is 12.1 Å². The molecule has 0 aromatic heterocycles. The predicted octanol–water partition coefficient (Wildman–Crippen LogP) is -1.04. The second kappa shape index (κ2) is 11.6. The van der Waals surface area contributed by atoms with Gasteiger partial charge in [-0.2, -0.15) is 0 Å². The smallest absolute Gasteiger partial charge is 0.326 e. The molecule has 5 atom stereocenters. The number of amides is 3. The van der Waals surface area contributed by atoms with Gasteiger partial charge in [-0.05, 0) is 32.1 Å². The monoisotopic (exact) mass is 402 g/mol. The molecular weight excluding hydrogens is 368 g/mol. The molecule has 162 valence electrons. The number of hydrogen-bond donors (Lipinski definition) is 6. The van der Waals surface area contributed by atoms with E-state index in [0.29, 0.717) is 0 Å². The number of aliphatic carboxylic acids is 1. The molecule has 28 heavy (non-hydrogen) atoms. The van der Waals surface area contributed by atoms with Crippen molar-refractivity contribution in [3.8, 4) is 0 Å². The molecule has 0 aliphatic heterocycles. The third kappa shape index (κ3) is 8.66. The average Bonchev–Trinajstić information content (AvgIpc) is 2.54. The van der Waals surface area contributed by atoms with E-state index in [1.54, 1.807) is 13.8 Å². The molecule has 5 unspecified atom stereocenters. The van der Waals surface area contributed by atoms with Gasteiger partial charge in [0.15, 0.2) is 0 Å². The van der Waals surface area contributed by atoms with Crippen LogP contribution in [0.25, 0.3) is 0 Å². The fourth-order valence-electron chi connectivity index (χ4n) is 2.42. The second-order valence-corrected chi connectivity index (χ2v) is 7.77. The van der Waals surface area contributed by atoms with Gasteiger partial charge in [-0.25, -0.2) is 4.79 Å². The summed E-state index contributed by atoms with van der Waals surface area (Å²) in [5.41, 5.74) is 5.50. The van der Waals surface area contributed by atoms with Crippen LogP contribution in [0.15, 0.2) is 0 Å². The van der Waals surface area contributed by atoms with Crippen molar-refractivity contribution in [2.75, 3.05) is 0 Å². The van der Waals surface area contributed by atoms with Crippen molar-refractivity contribution in [1.29, 1.82) is 0 Å². The van der Waals surface area contributed by atoms with Gasteiger partial charge in [0.2, 0.25) is 17.7 Å². The lowest BCUT2D eigenvalue weighted by atomic mass is 10.0. The highest BCUT2D eigenvalue weighted by Gasteiger charge is 2.33. The molecule has 0 radical (unpaired) electrons. The number of carbonyl (C=O) groups is 4. The molecular formula is C18H34N4O6. The molecule has 0 spiro atoms. The zero-order valence-corrected chi connectivity index (χ0v) is 17.4. The van der Waals surface area contributed by atoms with E-state index in [-0.39, 0.29) is 18.3 Å². The summed E-state index contributed by atoms with van der Waals surface area (Å²) in [5, 5.41) is 26.4. The summed E-state index contributed by atoms with van der Waals surface area (Å²) in [6, 6.07) is -4.32. The molecule has 0 saturated carbocycles. The number of nitrogens with two attached hydrogens (primary N) is 1. The number of aliphatic hydroxyl groups excluding tert-OH is 1. The second-order valence-electron chi connectivity index (χ2n) is 7.77. The maximum atomic E-state index is 12.6. The summed E-state index contributed by atoms with van der Waals surface area (Å²) in [6.45, 7) is 9.79. The fourth-order valence-corrected chi connectivity index (χ4v) is 2.42. The van der Waals surface area contributed by atoms with Gasteiger partial charge >= 0.3 is 5.97 Å². The molecule has 0 aromatic carbocycles. The van der Waals surface area contributed by atoms with Crippen LogP contribution in [0.3, 0.4) is 0 Å². The van der Waals surface area contributed by atoms with Gasteiger partial charge in [0.25, 0.3) is 0 Å². The van der Waals surface area contributed by atoms with Gasteiger partial charge in [-0.15, -0.1) is 0 Å². The minimum Gasteiger partial charge on any atom is -0.480 e. The van der Waals surface area contributed by atoms with Gasteiger partial charge < -0.3 is 31.9 Å². The Labute approximate surface area is 165 Å². The SMILES string of the molecule is CC(C)CC(NC(=O)C(NC(=O)C(NC(=O)C(C)N)C(C)C)C(C)O)C(=O)O. The summed E-state index contributed by atoms with van der Waals surface area (Å²) in [6.07, 6.45) is -1.09. The van der Waals surface area contributed by atoms with Gasteiger partial charge in [-0.1, -0.05) is 27.7 Å². The van der Waals surface area contributed by atoms with E-state index in [1.165, 1.54) is 13.8 Å². The molecule has 0 aliphatic rings. The summed E-state index contributed by atoms with van der Waals surface area (Å²) in [5.74, 6) is -3.54. The molecule has 3 amide bonds. The quantitative estimate of drug-likeness (QED) is 0.256. The number of carbonyl (C=O) groups excluding carboxylic acids is 3. The van der Waals surface area contributed by atoms with E-state index in [0.717, 1.165) is 0 Å². The summed E-state index contributed by atoms with van der Waals surface area (Å²) in [7, 11) is 0. The first-order chi connectivity index (χ1) is 12.8. The Morgan fingerprint density at radius 3 is 1.64 bits per heavy atom. The topological polar surface area (TPSA) is 171 Å². The molecule has 7 N–H and O–H groups in total. The van der Waals surface area contributed by atoms with E-state index in [1.807, 2.05) is 13.8 Å². The average molecular weight is 402 g/mol. The number of rotatable bonds is 11. The Hall–Kier alpha value is -2.20. The van der Waals surface area contributed by atoms with Crippen LogP contribution in [-0.2, 0) is 19.2 Å². The largest absolute Gasteiger partial charge is 0.480 e. The summed E-state index contributed by atoms with van der Waals surface area (Å²) < 4.78 is 0. The Kier molecular flexibility index (Phi) is 10.7. The van der Waals surface area contributed by atoms with Crippen LogP contribution in [0.1, 0.15) is 48.0 Å². The van der Waals surface area contributed by atoms with Crippen LogP contribution in [0.2, 0.25) is 0 Å². The lowest BCUT2D eigenvalue weighted by Gasteiger charge is -2.28. The van der Waals surface area contributed by atoms with Crippen LogP contribution in [0.5, 0.6) is 0 Å². The molecule has 10 heteroatoms. The third-order valence-electron chi connectivity index (χ3n) is 4.04. The Bertz CT molecular complexity index is 562. The van der Waals surface area contributed by atoms with Crippen LogP contribution in [0, 0.1) is 11.8 Å². The molecule has 0 saturated heterocycles. The van der Waals surface area contributed by atoms with Crippen molar-refractivity contribution in [3.05, 3.63) is 0 Å². The molecule has 0 aromatic rings. The molecule has 0 aliphatic carbocycles. The van der Waals surface area contributed by atoms with Crippen molar-refractivity contribution >= 4 is 23.7 Å². The zero-order valence-electron chi connectivity index (χ0n) is 17.4. The third-order valence-corrected chi connectivity index (χ3v) is 4.04. The minimum absolute atomic E-state index is 0.0137. The van der Waals surface area contributed by atoms with Crippen molar-refractivity contribution in [1.82, 2.24) is 16.0 Å². The maximum Gasteiger partial charge on any atom is 0.326 e. The van der Waals surface area contributed by atoms with E-state index < -0.39 is 54.0 Å². The first-order valence-corrected chi connectivity index (χ1v) is 9.35. The molecule has 0 fully saturated rings. The first kappa shape index (κ1) is 25.8. The van der Waals surface area contributed by atoms with E-state index >= 15 is 0 Å². The highest BCUT2D eigenvalue weighted by atomic mass is 16.4. The van der Waals surface area contributed by atoms with Crippen molar-refractivity contribution in [2.45, 2.75) is 78.2 Å². The number of carboxylic acids is 1. The van der Waals surface area contributed by atoms with Crippen LogP contribution in [-0.4, -0.2) is 64.2 Å². The zero-order chi connectivity index (χ0) is 22.2. The highest BCUT2D eigenvalue weighted by molar-refractivity contribution is 5.94. The first-order valence-electron chi connectivity index (χ1n) is 9.35. The van der Waals surface area contributed by atoms with Crippen LogP contribution < -0.4 is 21.7 Å². The van der Waals surface area contributed by atoms with Gasteiger partial charge in [-0.3, -0.25) is 14.4 Å². The Balaban J connectivity index is 5.30. The maximum absolute atomic E-state index is 12.6. The van der Waals surface area contributed by atoms with E-state index in [2.05, 4.69) is 16.0 Å². The highest BCUT2D eigenvalue weighted by Crippen LogP contribution is 2.07. The fraction of sp³-hybridized carbons (Fsp3) is 0.778. The lowest BCUT2D eigenvalue weighted by molar-refractivity contribution is -0.143. The van der Waals surface area contributed by atoms with Crippen LogP contribution in [0.4, 0.5) is 0 Å². The summed E-state index contributed by atoms with van der Waals surface area (Å²) in [4.78, 5) is 48.2. The number of carboxylic acid groups (broad SMARTS) is 1. The number of nitrogens with one attached hydrogen (secondary N) is 3. The van der Waals surface area contributed by atoms with Gasteiger partial charge in [0.1, 0.15) is 18.1 Å². The van der Waals surface area contributed by atoms with Crippen molar-refractivity contribution in [2.24, 2.45) is 17.6 Å². The van der Waals surface area contributed by atoms with Gasteiger partial charge in [0, 0.05) is 0 Å².